The highest BCUT2D eigenvalue weighted by Crippen LogP contribution is 2.40. The molecule has 4 heterocycles. The van der Waals surface area contributed by atoms with Gasteiger partial charge >= 0.3 is 5.97 Å². The number of carbonyl (C=O) groups excluding carboxylic acids is 1. The van der Waals surface area contributed by atoms with E-state index in [9.17, 15) is 9.59 Å². The van der Waals surface area contributed by atoms with E-state index in [-0.39, 0.29) is 24.5 Å². The zero-order valence-corrected chi connectivity index (χ0v) is 27.3. The number of nitrogens with zero attached hydrogens (tertiary/aromatic N) is 3. The molecule has 4 aromatic carbocycles. The average molecular weight is 674 g/mol. The summed E-state index contributed by atoms with van der Waals surface area (Å²) in [5, 5.41) is 1.70. The molecule has 2 aromatic heterocycles. The number of benzene rings is 4. The van der Waals surface area contributed by atoms with Crippen LogP contribution < -0.4 is 24.4 Å². The predicted octanol–water partition coefficient (Wildman–Crippen LogP) is 6.32. The maximum absolute atomic E-state index is 14.5. The number of aromatic nitrogens is 2. The normalized spacial score (nSPS) is 15.5. The van der Waals surface area contributed by atoms with Crippen molar-refractivity contribution in [2.24, 2.45) is 4.99 Å². The lowest BCUT2D eigenvalue weighted by atomic mass is 9.93. The van der Waals surface area contributed by atoms with Gasteiger partial charge in [0.1, 0.15) is 0 Å². The number of hydrogen-bond donors (Lipinski definition) is 0. The first-order valence-corrected chi connectivity index (χ1v) is 16.7. The molecule has 0 bridgehead atoms. The topological polar surface area (TPSA) is 84.1 Å². The second-order valence-corrected chi connectivity index (χ2v) is 12.8. The lowest BCUT2D eigenvalue weighted by Crippen LogP contribution is -2.40. The quantitative estimate of drug-likeness (QED) is 0.185. The standard InChI is InChI=1S/C38H28ClN3O5S/c1-2-45-37(44)33-34(24-8-4-3-5-9-24)40-38-42(35(33)25-14-17-30-31(18-25)47-22-46-30)36(43)32(48-38)19-26-21-41(29-11-7-6-10-28(26)29)20-23-12-15-27(39)16-13-23/h3-19,21,35H,2,20,22H2,1H3/b32-19+/t35-/m0/s1. The van der Waals surface area contributed by atoms with Gasteiger partial charge in [0.25, 0.3) is 5.56 Å². The van der Waals surface area contributed by atoms with E-state index >= 15 is 0 Å². The van der Waals surface area contributed by atoms with Crippen LogP contribution in [0.5, 0.6) is 11.5 Å². The monoisotopic (exact) mass is 673 g/mol. The molecule has 0 aliphatic carbocycles. The number of hydrogen-bond acceptors (Lipinski definition) is 7. The molecule has 0 saturated heterocycles. The van der Waals surface area contributed by atoms with Crippen LogP contribution in [-0.2, 0) is 16.1 Å². The molecular formula is C38H28ClN3O5S. The zero-order chi connectivity index (χ0) is 32.8. The maximum Gasteiger partial charge on any atom is 0.338 e. The van der Waals surface area contributed by atoms with Gasteiger partial charge in [0, 0.05) is 39.8 Å². The van der Waals surface area contributed by atoms with Gasteiger partial charge in [0.05, 0.1) is 28.5 Å². The van der Waals surface area contributed by atoms with Gasteiger partial charge < -0.3 is 18.8 Å². The van der Waals surface area contributed by atoms with E-state index in [2.05, 4.69) is 22.9 Å². The Morgan fingerprint density at radius 1 is 1.00 bits per heavy atom. The van der Waals surface area contributed by atoms with Crippen molar-refractivity contribution in [1.29, 1.82) is 0 Å². The van der Waals surface area contributed by atoms with Crippen molar-refractivity contribution in [3.63, 3.8) is 0 Å². The number of esters is 1. The van der Waals surface area contributed by atoms with E-state index < -0.39 is 12.0 Å². The van der Waals surface area contributed by atoms with E-state index in [0.717, 1.165) is 27.6 Å². The Balaban J connectivity index is 1.34. The van der Waals surface area contributed by atoms with Crippen LogP contribution in [0.1, 0.15) is 35.2 Å². The van der Waals surface area contributed by atoms with Crippen LogP contribution in [0.25, 0.3) is 22.7 Å². The Kier molecular flexibility index (Phi) is 7.70. The van der Waals surface area contributed by atoms with Gasteiger partial charge in [-0.05, 0) is 54.5 Å². The minimum atomic E-state index is -0.821. The van der Waals surface area contributed by atoms with Crippen LogP contribution >= 0.6 is 22.9 Å². The van der Waals surface area contributed by atoms with Crippen LogP contribution in [0.15, 0.2) is 119 Å². The number of para-hydroxylation sites is 1. The fourth-order valence-corrected chi connectivity index (χ4v) is 7.41. The molecule has 2 aliphatic heterocycles. The van der Waals surface area contributed by atoms with E-state index in [1.54, 1.807) is 17.6 Å². The number of halogens is 1. The van der Waals surface area contributed by atoms with Gasteiger partial charge in [-0.3, -0.25) is 9.36 Å². The number of fused-ring (bicyclic) bond motifs is 3. The summed E-state index contributed by atoms with van der Waals surface area (Å²) >= 11 is 7.42. The van der Waals surface area contributed by atoms with Crippen LogP contribution in [0, 0.1) is 0 Å². The van der Waals surface area contributed by atoms with Crippen molar-refractivity contribution >= 4 is 51.6 Å². The van der Waals surface area contributed by atoms with Crippen molar-refractivity contribution < 1.29 is 19.0 Å². The van der Waals surface area contributed by atoms with E-state index in [0.29, 0.717) is 43.7 Å². The van der Waals surface area contributed by atoms with Crippen LogP contribution in [0.3, 0.4) is 0 Å². The van der Waals surface area contributed by atoms with Crippen LogP contribution in [-0.4, -0.2) is 28.5 Å². The summed E-state index contributed by atoms with van der Waals surface area (Å²) in [5.41, 5.74) is 4.95. The van der Waals surface area contributed by atoms with Crippen LogP contribution in [0.4, 0.5) is 0 Å². The van der Waals surface area contributed by atoms with Crippen molar-refractivity contribution in [3.8, 4) is 11.5 Å². The smallest absolute Gasteiger partial charge is 0.338 e. The molecule has 0 fully saturated rings. The second kappa shape index (κ2) is 12.3. The molecule has 10 heteroatoms. The zero-order valence-electron chi connectivity index (χ0n) is 25.8. The SMILES string of the molecule is CCOC(=O)C1=C(c2ccccc2)N=c2s/c(=C/c3cn(Cc4ccc(Cl)cc4)c4ccccc34)c(=O)n2[C@H]1c1ccc2c(c1)OCO2. The number of thiazole rings is 1. The number of rotatable bonds is 7. The lowest BCUT2D eigenvalue weighted by Gasteiger charge is -2.26. The third-order valence-electron chi connectivity index (χ3n) is 8.46. The Hall–Kier alpha value is -5.38. The van der Waals surface area contributed by atoms with Gasteiger partial charge in [0.2, 0.25) is 6.79 Å². The molecule has 8 rings (SSSR count). The molecule has 0 unspecified atom stereocenters. The molecule has 48 heavy (non-hydrogen) atoms. The summed E-state index contributed by atoms with van der Waals surface area (Å²) in [6.07, 6.45) is 3.98. The lowest BCUT2D eigenvalue weighted by molar-refractivity contribution is -0.138. The van der Waals surface area contributed by atoms with Crippen LogP contribution in [0.2, 0.25) is 5.02 Å². The Morgan fingerprint density at radius 3 is 2.58 bits per heavy atom. The molecule has 0 radical (unpaired) electrons. The van der Waals surface area contributed by atoms with Crippen molar-refractivity contribution in [2.45, 2.75) is 19.5 Å². The molecular weight excluding hydrogens is 646 g/mol. The summed E-state index contributed by atoms with van der Waals surface area (Å²) in [5.74, 6) is 0.609. The molecule has 2 aliphatic rings. The summed E-state index contributed by atoms with van der Waals surface area (Å²) in [4.78, 5) is 33.8. The third-order valence-corrected chi connectivity index (χ3v) is 9.69. The van der Waals surface area contributed by atoms with Crippen molar-refractivity contribution in [1.82, 2.24) is 9.13 Å². The molecule has 0 N–H and O–H groups in total. The first kappa shape index (κ1) is 30.0. The highest BCUT2D eigenvalue weighted by molar-refractivity contribution is 7.07. The minimum Gasteiger partial charge on any atom is -0.463 e. The first-order chi connectivity index (χ1) is 23.5. The summed E-state index contributed by atoms with van der Waals surface area (Å²) in [6.45, 7) is 2.67. The Bertz CT molecular complexity index is 2430. The third kappa shape index (κ3) is 5.31. The number of ether oxygens (including phenoxy) is 3. The fraction of sp³-hybridized carbons (Fsp3) is 0.132. The maximum atomic E-state index is 14.5. The Morgan fingerprint density at radius 2 is 1.77 bits per heavy atom. The average Bonchev–Trinajstić information content (AvgIpc) is 3.81. The predicted molar refractivity (Wildman–Crippen MR) is 186 cm³/mol. The molecule has 0 saturated carbocycles. The van der Waals surface area contributed by atoms with Gasteiger partial charge in [-0.2, -0.15) is 0 Å². The fourth-order valence-electron chi connectivity index (χ4n) is 6.29. The second-order valence-electron chi connectivity index (χ2n) is 11.4. The Labute approximate surface area is 284 Å². The van der Waals surface area contributed by atoms with Gasteiger partial charge in [-0.1, -0.05) is 89.7 Å². The van der Waals surface area contributed by atoms with Gasteiger partial charge in [-0.15, -0.1) is 0 Å². The largest absolute Gasteiger partial charge is 0.463 e. The molecule has 238 valence electrons. The molecule has 1 atom stereocenters. The summed E-state index contributed by atoms with van der Waals surface area (Å²) < 4.78 is 21.1. The van der Waals surface area contributed by atoms with E-state index in [4.69, 9.17) is 30.8 Å². The summed E-state index contributed by atoms with van der Waals surface area (Å²) in [6, 6.07) is 30.1. The molecule has 0 amide bonds. The molecule has 8 nitrogen and oxygen atoms in total. The van der Waals surface area contributed by atoms with Crippen molar-refractivity contribution in [2.75, 3.05) is 13.4 Å². The molecule has 6 aromatic rings. The highest BCUT2D eigenvalue weighted by Gasteiger charge is 2.36. The van der Waals surface area contributed by atoms with E-state index in [1.165, 1.54) is 11.3 Å². The van der Waals surface area contributed by atoms with Crippen molar-refractivity contribution in [3.05, 3.63) is 156 Å². The van der Waals surface area contributed by atoms with Gasteiger partial charge in [0.15, 0.2) is 16.3 Å². The highest BCUT2D eigenvalue weighted by atomic mass is 35.5. The molecule has 0 spiro atoms. The first-order valence-electron chi connectivity index (χ1n) is 15.5. The van der Waals surface area contributed by atoms with Gasteiger partial charge in [-0.25, -0.2) is 9.79 Å². The minimum absolute atomic E-state index is 0.100. The summed E-state index contributed by atoms with van der Waals surface area (Å²) in [7, 11) is 0. The van der Waals surface area contributed by atoms with E-state index in [1.807, 2.05) is 84.9 Å². The number of carbonyl (C=O) groups is 1.